The number of imidazole rings is 1. The van der Waals surface area contributed by atoms with Gasteiger partial charge in [-0.2, -0.15) is 0 Å². The zero-order valence-corrected chi connectivity index (χ0v) is 12.1. The van der Waals surface area contributed by atoms with Gasteiger partial charge in [0, 0.05) is 20.6 Å². The van der Waals surface area contributed by atoms with Gasteiger partial charge < -0.3 is 4.90 Å². The van der Waals surface area contributed by atoms with E-state index in [2.05, 4.69) is 16.0 Å². The Hall–Kier alpha value is -2.56. The van der Waals surface area contributed by atoms with E-state index in [-0.39, 0.29) is 5.69 Å². The summed E-state index contributed by atoms with van der Waals surface area (Å²) in [6, 6.07) is 9.91. The third-order valence-corrected chi connectivity index (χ3v) is 4.23. The van der Waals surface area contributed by atoms with Crippen molar-refractivity contribution in [1.82, 2.24) is 14.1 Å². The number of aromatic nitrogens is 3. The standard InChI is InChI=1S/C16H16N4O/c1-18-8-7-11-9-12(10-17-15(11)18)20-14-6-4-3-5-13(14)19(2)16(20)21/h3-6,9-10H,7-8H2,1-2H3. The first-order valence-corrected chi connectivity index (χ1v) is 7.04. The third kappa shape index (κ3) is 1.63. The van der Waals surface area contributed by atoms with Gasteiger partial charge in [-0.05, 0) is 30.2 Å². The van der Waals surface area contributed by atoms with Crippen LogP contribution in [0.25, 0.3) is 16.7 Å². The number of fused-ring (bicyclic) bond motifs is 2. The maximum atomic E-state index is 12.5. The fourth-order valence-electron chi connectivity index (χ4n) is 3.08. The monoisotopic (exact) mass is 280 g/mol. The fourth-order valence-corrected chi connectivity index (χ4v) is 3.08. The SMILES string of the molecule is CN1CCc2cc(-n3c(=O)n(C)c4ccccc43)cnc21. The van der Waals surface area contributed by atoms with E-state index in [4.69, 9.17) is 0 Å². The molecule has 5 heteroatoms. The Kier molecular flexibility index (Phi) is 2.45. The molecule has 1 aromatic carbocycles. The number of hydrogen-bond acceptors (Lipinski definition) is 3. The minimum Gasteiger partial charge on any atom is -0.359 e. The van der Waals surface area contributed by atoms with Crippen molar-refractivity contribution >= 4 is 16.9 Å². The minimum absolute atomic E-state index is 0.0377. The number of likely N-dealkylation sites (N-methyl/N-ethyl adjacent to an activating group) is 1. The predicted octanol–water partition coefficient (Wildman–Crippen LogP) is 1.72. The highest BCUT2D eigenvalue weighted by Gasteiger charge is 2.19. The molecule has 2 aromatic heterocycles. The summed E-state index contributed by atoms with van der Waals surface area (Å²) in [7, 11) is 3.85. The highest BCUT2D eigenvalue weighted by molar-refractivity contribution is 5.78. The van der Waals surface area contributed by atoms with Gasteiger partial charge in [0.2, 0.25) is 0 Å². The predicted molar refractivity (Wildman–Crippen MR) is 83.3 cm³/mol. The molecule has 1 aliphatic heterocycles. The number of para-hydroxylation sites is 2. The molecule has 0 aliphatic carbocycles. The highest BCUT2D eigenvalue weighted by atomic mass is 16.1. The summed E-state index contributed by atoms with van der Waals surface area (Å²) < 4.78 is 3.41. The van der Waals surface area contributed by atoms with Gasteiger partial charge in [-0.25, -0.2) is 9.78 Å². The Morgan fingerprint density at radius 2 is 1.90 bits per heavy atom. The number of nitrogens with zero attached hydrogens (tertiary/aromatic N) is 4. The molecule has 3 aromatic rings. The molecule has 0 unspecified atom stereocenters. The lowest BCUT2D eigenvalue weighted by molar-refractivity contribution is 0.844. The average molecular weight is 280 g/mol. The van der Waals surface area contributed by atoms with Crippen LogP contribution in [0.1, 0.15) is 5.56 Å². The van der Waals surface area contributed by atoms with Crippen molar-refractivity contribution in [2.75, 3.05) is 18.5 Å². The first-order valence-electron chi connectivity index (χ1n) is 7.04. The second kappa shape index (κ2) is 4.22. The Labute approximate surface area is 122 Å². The van der Waals surface area contributed by atoms with Gasteiger partial charge in [-0.3, -0.25) is 9.13 Å². The molecule has 0 N–H and O–H groups in total. The maximum Gasteiger partial charge on any atom is 0.333 e. The van der Waals surface area contributed by atoms with Crippen LogP contribution in [-0.4, -0.2) is 27.7 Å². The van der Waals surface area contributed by atoms with Gasteiger partial charge in [0.25, 0.3) is 0 Å². The van der Waals surface area contributed by atoms with Crippen molar-refractivity contribution in [3.8, 4) is 5.69 Å². The van der Waals surface area contributed by atoms with Gasteiger partial charge in [0.1, 0.15) is 5.82 Å². The molecule has 0 amide bonds. The van der Waals surface area contributed by atoms with E-state index in [1.807, 2.05) is 31.3 Å². The van der Waals surface area contributed by atoms with Crippen LogP contribution < -0.4 is 10.6 Å². The number of rotatable bonds is 1. The molecule has 0 fully saturated rings. The van der Waals surface area contributed by atoms with Gasteiger partial charge >= 0.3 is 5.69 Å². The normalized spacial score (nSPS) is 13.9. The van der Waals surface area contributed by atoms with Crippen LogP contribution in [0, 0.1) is 0 Å². The van der Waals surface area contributed by atoms with Crippen LogP contribution in [0.3, 0.4) is 0 Å². The van der Waals surface area contributed by atoms with Crippen LogP contribution in [0.4, 0.5) is 5.82 Å². The van der Waals surface area contributed by atoms with Gasteiger partial charge in [-0.15, -0.1) is 0 Å². The second-order valence-electron chi connectivity index (χ2n) is 5.51. The first kappa shape index (κ1) is 12.2. The molecule has 21 heavy (non-hydrogen) atoms. The lowest BCUT2D eigenvalue weighted by Crippen LogP contribution is -2.21. The summed E-state index contributed by atoms with van der Waals surface area (Å²) in [5.74, 6) is 1.02. The molecule has 4 rings (SSSR count). The largest absolute Gasteiger partial charge is 0.359 e. The number of benzene rings is 1. The summed E-state index contributed by atoms with van der Waals surface area (Å²) in [5, 5.41) is 0. The molecule has 0 saturated heterocycles. The number of pyridine rings is 1. The van der Waals surface area contributed by atoms with Crippen molar-refractivity contribution < 1.29 is 0 Å². The Morgan fingerprint density at radius 1 is 1.14 bits per heavy atom. The molecule has 0 bridgehead atoms. The molecule has 106 valence electrons. The highest BCUT2D eigenvalue weighted by Crippen LogP contribution is 2.26. The summed E-state index contributed by atoms with van der Waals surface area (Å²) in [4.78, 5) is 19.2. The minimum atomic E-state index is -0.0377. The van der Waals surface area contributed by atoms with Gasteiger partial charge in [0.15, 0.2) is 0 Å². The van der Waals surface area contributed by atoms with Crippen molar-refractivity contribution in [2.24, 2.45) is 7.05 Å². The van der Waals surface area contributed by atoms with Crippen molar-refractivity contribution in [3.05, 3.63) is 52.6 Å². The van der Waals surface area contributed by atoms with Crippen molar-refractivity contribution in [3.63, 3.8) is 0 Å². The quantitative estimate of drug-likeness (QED) is 0.681. The van der Waals surface area contributed by atoms with Crippen LogP contribution in [0.2, 0.25) is 0 Å². The van der Waals surface area contributed by atoms with E-state index in [0.717, 1.165) is 35.5 Å². The van der Waals surface area contributed by atoms with Gasteiger partial charge in [-0.1, -0.05) is 12.1 Å². The fraction of sp³-hybridized carbons (Fsp3) is 0.250. The van der Waals surface area contributed by atoms with E-state index in [1.165, 1.54) is 5.56 Å². The summed E-state index contributed by atoms with van der Waals surface area (Å²) in [5.41, 5.74) is 3.85. The van der Waals surface area contributed by atoms with E-state index in [0.29, 0.717) is 0 Å². The van der Waals surface area contributed by atoms with Gasteiger partial charge in [0.05, 0.1) is 22.9 Å². The number of hydrogen-bond donors (Lipinski definition) is 0. The lowest BCUT2D eigenvalue weighted by atomic mass is 10.2. The van der Waals surface area contributed by atoms with Crippen LogP contribution in [-0.2, 0) is 13.5 Å². The molecule has 5 nitrogen and oxygen atoms in total. The van der Waals surface area contributed by atoms with Crippen LogP contribution in [0.15, 0.2) is 41.3 Å². The van der Waals surface area contributed by atoms with Crippen LogP contribution in [0.5, 0.6) is 0 Å². The Balaban J connectivity index is 2.00. The van der Waals surface area contributed by atoms with E-state index >= 15 is 0 Å². The lowest BCUT2D eigenvalue weighted by Gasteiger charge is -2.11. The molecular formula is C16H16N4O. The zero-order chi connectivity index (χ0) is 14.6. The zero-order valence-electron chi connectivity index (χ0n) is 12.1. The van der Waals surface area contributed by atoms with E-state index < -0.39 is 0 Å². The molecule has 3 heterocycles. The maximum absolute atomic E-state index is 12.5. The first-order chi connectivity index (χ1) is 10.2. The molecule has 0 atom stereocenters. The average Bonchev–Trinajstić information content (AvgIpc) is 2.99. The smallest absolute Gasteiger partial charge is 0.333 e. The van der Waals surface area contributed by atoms with Crippen molar-refractivity contribution in [1.29, 1.82) is 0 Å². The third-order valence-electron chi connectivity index (χ3n) is 4.23. The van der Waals surface area contributed by atoms with Crippen LogP contribution >= 0.6 is 0 Å². The van der Waals surface area contributed by atoms with E-state index in [1.54, 1.807) is 22.4 Å². The number of aryl methyl sites for hydroxylation is 1. The molecule has 0 saturated carbocycles. The van der Waals surface area contributed by atoms with Crippen molar-refractivity contribution in [2.45, 2.75) is 6.42 Å². The topological polar surface area (TPSA) is 43.1 Å². The summed E-state index contributed by atoms with van der Waals surface area (Å²) >= 11 is 0. The number of anilines is 1. The summed E-state index contributed by atoms with van der Waals surface area (Å²) in [6.07, 6.45) is 2.76. The second-order valence-corrected chi connectivity index (χ2v) is 5.51. The molecule has 0 radical (unpaired) electrons. The molecule has 1 aliphatic rings. The van der Waals surface area contributed by atoms with E-state index in [9.17, 15) is 4.79 Å². The molecular weight excluding hydrogens is 264 g/mol. The Bertz CT molecular complexity index is 906. The Morgan fingerprint density at radius 3 is 2.71 bits per heavy atom. The molecule has 0 spiro atoms. The summed E-state index contributed by atoms with van der Waals surface area (Å²) in [6.45, 7) is 0.982.